The molecule has 0 saturated carbocycles. The van der Waals surface area contributed by atoms with E-state index in [-0.39, 0.29) is 0 Å². The molecule has 0 aliphatic heterocycles. The summed E-state index contributed by atoms with van der Waals surface area (Å²) in [6, 6.07) is 2.74. The molecule has 0 aliphatic rings. The topological polar surface area (TPSA) is 84.6 Å². The van der Waals surface area contributed by atoms with Crippen LogP contribution >= 0.6 is 0 Å². The molecular formula is C12H14N2O4. The highest BCUT2D eigenvalue weighted by molar-refractivity contribution is 5.89. The molecule has 0 bridgehead atoms. The van der Waals surface area contributed by atoms with Crippen LogP contribution in [0.4, 0.5) is 5.82 Å². The maximum Gasteiger partial charge on any atom is 0.326 e. The summed E-state index contributed by atoms with van der Waals surface area (Å²) in [5.41, 5.74) is 0.670. The van der Waals surface area contributed by atoms with Crippen molar-refractivity contribution < 1.29 is 19.1 Å². The van der Waals surface area contributed by atoms with E-state index in [4.69, 9.17) is 14.3 Å². The predicted molar refractivity (Wildman–Crippen MR) is 65.5 cm³/mol. The van der Waals surface area contributed by atoms with E-state index >= 15 is 0 Å². The minimum absolute atomic E-state index is 0.363. The number of methoxy groups -OCH3 is 1. The normalized spacial score (nSPS) is 12.5. The number of hydrogen-bond acceptors (Lipinski definition) is 5. The van der Waals surface area contributed by atoms with Gasteiger partial charge in [-0.15, -0.1) is 0 Å². The van der Waals surface area contributed by atoms with Crippen molar-refractivity contribution in [3.05, 3.63) is 24.6 Å². The Hall–Kier alpha value is -2.08. The first kappa shape index (κ1) is 12.4. The molecule has 2 aromatic rings. The Balaban J connectivity index is 2.20. The summed E-state index contributed by atoms with van der Waals surface area (Å²) in [6.45, 7) is 0.366. The number of ether oxygens (including phenoxy) is 1. The molecule has 2 N–H and O–H groups in total. The van der Waals surface area contributed by atoms with Crippen LogP contribution in [0.2, 0.25) is 0 Å². The summed E-state index contributed by atoms with van der Waals surface area (Å²) in [6.07, 6.45) is 3.48. The van der Waals surface area contributed by atoms with Gasteiger partial charge in [-0.3, -0.25) is 0 Å². The van der Waals surface area contributed by atoms with Crippen LogP contribution in [-0.2, 0) is 9.53 Å². The van der Waals surface area contributed by atoms with Crippen LogP contribution in [0.25, 0.3) is 11.0 Å². The Morgan fingerprint density at radius 1 is 1.61 bits per heavy atom. The lowest BCUT2D eigenvalue weighted by molar-refractivity contribution is -0.138. The van der Waals surface area contributed by atoms with E-state index in [9.17, 15) is 4.79 Å². The number of aromatic nitrogens is 1. The Kier molecular flexibility index (Phi) is 3.78. The van der Waals surface area contributed by atoms with Crippen LogP contribution in [0.5, 0.6) is 0 Å². The van der Waals surface area contributed by atoms with Gasteiger partial charge in [-0.05, 0) is 12.1 Å². The first-order valence-corrected chi connectivity index (χ1v) is 5.53. The molecule has 0 radical (unpaired) electrons. The average molecular weight is 250 g/mol. The smallest absolute Gasteiger partial charge is 0.326 e. The number of furan rings is 1. The molecule has 0 spiro atoms. The molecule has 2 aromatic heterocycles. The summed E-state index contributed by atoms with van der Waals surface area (Å²) >= 11 is 0. The van der Waals surface area contributed by atoms with Gasteiger partial charge in [0.25, 0.3) is 0 Å². The van der Waals surface area contributed by atoms with Gasteiger partial charge in [0.1, 0.15) is 17.4 Å². The second-order valence-electron chi connectivity index (χ2n) is 3.81. The summed E-state index contributed by atoms with van der Waals surface area (Å²) < 4.78 is 10.1. The minimum atomic E-state index is -0.936. The van der Waals surface area contributed by atoms with Crippen molar-refractivity contribution in [2.45, 2.75) is 12.5 Å². The summed E-state index contributed by atoms with van der Waals surface area (Å²) in [4.78, 5) is 15.2. The van der Waals surface area contributed by atoms with Gasteiger partial charge in [-0.2, -0.15) is 0 Å². The molecule has 0 saturated heterocycles. The zero-order chi connectivity index (χ0) is 13.0. The van der Waals surface area contributed by atoms with Crippen LogP contribution in [0, 0.1) is 0 Å². The number of carboxylic acids is 1. The molecule has 2 rings (SSSR count). The number of hydrogen-bond donors (Lipinski definition) is 2. The first-order valence-electron chi connectivity index (χ1n) is 5.53. The molecule has 18 heavy (non-hydrogen) atoms. The lowest BCUT2D eigenvalue weighted by atomic mass is 10.2. The minimum Gasteiger partial charge on any atom is -0.480 e. The SMILES string of the molecule is COCCC(Nc1nccc2occc12)C(=O)O. The van der Waals surface area contributed by atoms with Gasteiger partial charge in [-0.1, -0.05) is 0 Å². The number of pyridine rings is 1. The van der Waals surface area contributed by atoms with E-state index in [1.807, 2.05) is 0 Å². The number of rotatable bonds is 6. The highest BCUT2D eigenvalue weighted by atomic mass is 16.5. The van der Waals surface area contributed by atoms with E-state index < -0.39 is 12.0 Å². The fraction of sp³-hybridized carbons (Fsp3) is 0.333. The Labute approximate surface area is 104 Å². The van der Waals surface area contributed by atoms with Gasteiger partial charge in [0, 0.05) is 26.3 Å². The van der Waals surface area contributed by atoms with Crippen LogP contribution < -0.4 is 5.32 Å². The van der Waals surface area contributed by atoms with Gasteiger partial charge in [-0.25, -0.2) is 9.78 Å². The molecule has 0 fully saturated rings. The first-order chi connectivity index (χ1) is 8.72. The maximum absolute atomic E-state index is 11.1. The van der Waals surface area contributed by atoms with E-state index in [1.54, 1.807) is 24.6 Å². The van der Waals surface area contributed by atoms with Crippen molar-refractivity contribution in [3.63, 3.8) is 0 Å². The van der Waals surface area contributed by atoms with Gasteiger partial charge in [0.2, 0.25) is 0 Å². The van der Waals surface area contributed by atoms with E-state index in [0.29, 0.717) is 24.4 Å². The summed E-state index contributed by atoms with van der Waals surface area (Å²) in [5.74, 6) is -0.431. The number of aliphatic carboxylic acids is 1. The van der Waals surface area contributed by atoms with Crippen molar-refractivity contribution in [1.82, 2.24) is 4.98 Å². The van der Waals surface area contributed by atoms with Crippen molar-refractivity contribution in [2.24, 2.45) is 0 Å². The number of carbonyl (C=O) groups is 1. The Morgan fingerprint density at radius 3 is 3.17 bits per heavy atom. The van der Waals surface area contributed by atoms with Crippen LogP contribution in [-0.4, -0.2) is 35.8 Å². The number of nitrogens with zero attached hydrogens (tertiary/aromatic N) is 1. The van der Waals surface area contributed by atoms with Gasteiger partial charge in [0.05, 0.1) is 11.6 Å². The molecule has 1 atom stereocenters. The molecule has 1 unspecified atom stereocenters. The summed E-state index contributed by atoms with van der Waals surface area (Å²) in [7, 11) is 1.54. The van der Waals surface area contributed by atoms with E-state index in [2.05, 4.69) is 10.3 Å². The lowest BCUT2D eigenvalue weighted by Crippen LogP contribution is -2.30. The molecule has 2 heterocycles. The largest absolute Gasteiger partial charge is 0.480 e. The van der Waals surface area contributed by atoms with E-state index in [0.717, 1.165) is 5.39 Å². The molecule has 6 heteroatoms. The predicted octanol–water partition coefficient (Wildman–Crippen LogP) is 1.73. The molecule has 0 aromatic carbocycles. The standard InChI is InChI=1S/C12H14N2O4/c1-17-6-4-9(12(15)16)14-11-8-3-7-18-10(8)2-5-13-11/h2-3,5,7,9H,4,6H2,1H3,(H,13,14)(H,15,16). The van der Waals surface area contributed by atoms with Crippen molar-refractivity contribution >= 4 is 22.8 Å². The molecule has 6 nitrogen and oxygen atoms in total. The third-order valence-corrected chi connectivity index (χ3v) is 2.60. The zero-order valence-corrected chi connectivity index (χ0v) is 9.92. The van der Waals surface area contributed by atoms with Gasteiger partial charge in [0.15, 0.2) is 0 Å². The summed E-state index contributed by atoms with van der Waals surface area (Å²) in [5, 5.41) is 12.8. The van der Waals surface area contributed by atoms with Crippen LogP contribution in [0.1, 0.15) is 6.42 Å². The van der Waals surface area contributed by atoms with Crippen LogP contribution in [0.15, 0.2) is 29.0 Å². The molecule has 96 valence electrons. The molecule has 0 amide bonds. The van der Waals surface area contributed by atoms with Crippen molar-refractivity contribution in [2.75, 3.05) is 19.0 Å². The quantitative estimate of drug-likeness (QED) is 0.812. The third-order valence-electron chi connectivity index (χ3n) is 2.60. The number of nitrogens with one attached hydrogen (secondary N) is 1. The fourth-order valence-electron chi connectivity index (χ4n) is 1.67. The number of fused-ring (bicyclic) bond motifs is 1. The Morgan fingerprint density at radius 2 is 2.44 bits per heavy atom. The number of anilines is 1. The third kappa shape index (κ3) is 2.60. The van der Waals surface area contributed by atoms with Gasteiger partial charge < -0.3 is 19.6 Å². The zero-order valence-electron chi connectivity index (χ0n) is 9.92. The van der Waals surface area contributed by atoms with Gasteiger partial charge >= 0.3 is 5.97 Å². The fourth-order valence-corrected chi connectivity index (χ4v) is 1.67. The van der Waals surface area contributed by atoms with E-state index in [1.165, 1.54) is 7.11 Å². The average Bonchev–Trinajstić information content (AvgIpc) is 2.83. The molecular weight excluding hydrogens is 236 g/mol. The van der Waals surface area contributed by atoms with Crippen LogP contribution in [0.3, 0.4) is 0 Å². The highest BCUT2D eigenvalue weighted by Crippen LogP contribution is 2.22. The highest BCUT2D eigenvalue weighted by Gasteiger charge is 2.18. The van der Waals surface area contributed by atoms with Crippen molar-refractivity contribution in [3.8, 4) is 0 Å². The van der Waals surface area contributed by atoms with Crippen molar-refractivity contribution in [1.29, 1.82) is 0 Å². The monoisotopic (exact) mass is 250 g/mol. The second kappa shape index (κ2) is 5.50. The maximum atomic E-state index is 11.1. The molecule has 0 aliphatic carbocycles. The number of carboxylic acid groups (broad SMARTS) is 1. The Bertz CT molecular complexity index is 538. The lowest BCUT2D eigenvalue weighted by Gasteiger charge is -2.14. The second-order valence-corrected chi connectivity index (χ2v) is 3.81.